The predicted molar refractivity (Wildman–Crippen MR) is 48.9 cm³/mol. The lowest BCUT2D eigenvalue weighted by Crippen LogP contribution is -2.29. The topological polar surface area (TPSA) is 17.1 Å². The number of rotatable bonds is 5. The Morgan fingerprint density at radius 2 is 2.00 bits per heavy atom. The van der Waals surface area contributed by atoms with Crippen molar-refractivity contribution in [3.05, 3.63) is 0 Å². The number of halogens is 1. The Labute approximate surface area is 74.4 Å². The average Bonchev–Trinajstić information content (AvgIpc) is 1.99. The van der Waals surface area contributed by atoms with Gasteiger partial charge in [-0.25, -0.2) is 4.39 Å². The first-order chi connectivity index (χ1) is 5.40. The maximum atomic E-state index is 13.5. The summed E-state index contributed by atoms with van der Waals surface area (Å²) in [5.74, 6) is 0.188. The fraction of sp³-hybridized carbons (Fsp3) is 0.900. The van der Waals surface area contributed by atoms with E-state index in [1.54, 1.807) is 6.92 Å². The first-order valence-electron chi connectivity index (χ1n) is 4.62. The van der Waals surface area contributed by atoms with E-state index >= 15 is 0 Å². The van der Waals surface area contributed by atoms with Crippen molar-refractivity contribution in [3.8, 4) is 0 Å². The molecule has 0 bridgehead atoms. The third-order valence-corrected chi connectivity index (χ3v) is 2.09. The second kappa shape index (κ2) is 4.58. The van der Waals surface area contributed by atoms with Crippen molar-refractivity contribution in [1.82, 2.24) is 0 Å². The smallest absolute Gasteiger partial charge is 0.169 e. The number of carbonyl (C=O) groups is 1. The largest absolute Gasteiger partial charge is 0.296 e. The van der Waals surface area contributed by atoms with Crippen LogP contribution in [0.15, 0.2) is 0 Å². The Hall–Kier alpha value is -0.400. The van der Waals surface area contributed by atoms with Gasteiger partial charge in [-0.3, -0.25) is 4.79 Å². The lowest BCUT2D eigenvalue weighted by molar-refractivity contribution is -0.129. The summed E-state index contributed by atoms with van der Waals surface area (Å²) in [6.07, 6.45) is 1.43. The van der Waals surface area contributed by atoms with Crippen molar-refractivity contribution < 1.29 is 9.18 Å². The Morgan fingerprint density at radius 3 is 2.33 bits per heavy atom. The number of hydrogen-bond acceptors (Lipinski definition) is 1. The van der Waals surface area contributed by atoms with Crippen LogP contribution < -0.4 is 0 Å². The highest BCUT2D eigenvalue weighted by Gasteiger charge is 2.30. The molecule has 0 radical (unpaired) electrons. The van der Waals surface area contributed by atoms with Crippen molar-refractivity contribution in [2.75, 3.05) is 0 Å². The van der Waals surface area contributed by atoms with Crippen molar-refractivity contribution >= 4 is 5.78 Å². The van der Waals surface area contributed by atoms with Crippen molar-refractivity contribution in [2.45, 2.75) is 52.6 Å². The van der Waals surface area contributed by atoms with Crippen molar-refractivity contribution in [1.29, 1.82) is 0 Å². The SMILES string of the molecule is CCC(=O)C(C)(F)CCC(C)C. The van der Waals surface area contributed by atoms with Crippen LogP contribution in [0.25, 0.3) is 0 Å². The number of hydrogen-bond donors (Lipinski definition) is 0. The van der Waals surface area contributed by atoms with Crippen LogP contribution >= 0.6 is 0 Å². The molecular formula is C10H19FO. The van der Waals surface area contributed by atoms with Gasteiger partial charge in [-0.05, 0) is 25.7 Å². The molecule has 0 rings (SSSR count). The molecule has 2 heteroatoms. The van der Waals surface area contributed by atoms with E-state index in [1.165, 1.54) is 6.92 Å². The van der Waals surface area contributed by atoms with Crippen LogP contribution in [0, 0.1) is 5.92 Å². The van der Waals surface area contributed by atoms with E-state index < -0.39 is 5.67 Å². The van der Waals surface area contributed by atoms with Gasteiger partial charge in [0.15, 0.2) is 11.5 Å². The molecule has 0 amide bonds. The van der Waals surface area contributed by atoms with E-state index in [0.717, 1.165) is 6.42 Å². The highest BCUT2D eigenvalue weighted by Crippen LogP contribution is 2.22. The minimum Gasteiger partial charge on any atom is -0.296 e. The molecular weight excluding hydrogens is 155 g/mol. The second-order valence-corrected chi connectivity index (χ2v) is 3.91. The average molecular weight is 174 g/mol. The van der Waals surface area contributed by atoms with Gasteiger partial charge in [-0.15, -0.1) is 0 Å². The standard InChI is InChI=1S/C10H19FO/c1-5-9(12)10(4,11)7-6-8(2)3/h8H,5-7H2,1-4H3. The van der Waals surface area contributed by atoms with E-state index in [9.17, 15) is 9.18 Å². The van der Waals surface area contributed by atoms with Gasteiger partial charge in [-0.1, -0.05) is 20.8 Å². The van der Waals surface area contributed by atoms with Gasteiger partial charge in [0.1, 0.15) is 0 Å². The summed E-state index contributed by atoms with van der Waals surface area (Å²) in [7, 11) is 0. The Balaban J connectivity index is 3.95. The molecule has 72 valence electrons. The molecule has 0 spiro atoms. The summed E-state index contributed by atoms with van der Waals surface area (Å²) in [6, 6.07) is 0. The molecule has 0 saturated heterocycles. The van der Waals surface area contributed by atoms with Crippen LogP contribution in [-0.4, -0.2) is 11.5 Å². The van der Waals surface area contributed by atoms with Gasteiger partial charge in [0, 0.05) is 6.42 Å². The minimum absolute atomic E-state index is 0.275. The molecule has 0 aliphatic rings. The highest BCUT2D eigenvalue weighted by atomic mass is 19.1. The van der Waals surface area contributed by atoms with Crippen molar-refractivity contribution in [3.63, 3.8) is 0 Å². The molecule has 0 fully saturated rings. The monoisotopic (exact) mass is 174 g/mol. The van der Waals surface area contributed by atoms with Crippen molar-refractivity contribution in [2.24, 2.45) is 5.92 Å². The minimum atomic E-state index is -1.60. The number of carbonyl (C=O) groups excluding carboxylic acids is 1. The van der Waals surface area contributed by atoms with E-state index in [0.29, 0.717) is 18.8 Å². The summed E-state index contributed by atoms with van der Waals surface area (Å²) in [5, 5.41) is 0. The molecule has 1 nitrogen and oxygen atoms in total. The van der Waals surface area contributed by atoms with Gasteiger partial charge in [0.2, 0.25) is 0 Å². The summed E-state index contributed by atoms with van der Waals surface area (Å²) < 4.78 is 13.5. The maximum absolute atomic E-state index is 13.5. The molecule has 1 atom stereocenters. The number of Topliss-reactive ketones (excluding diaryl/α,β-unsaturated/α-hetero) is 1. The Kier molecular flexibility index (Phi) is 4.43. The molecule has 0 heterocycles. The Bertz CT molecular complexity index is 150. The van der Waals surface area contributed by atoms with Crippen LogP contribution in [0.1, 0.15) is 47.0 Å². The molecule has 0 aromatic carbocycles. The van der Waals surface area contributed by atoms with Gasteiger partial charge < -0.3 is 0 Å². The molecule has 0 aliphatic carbocycles. The fourth-order valence-corrected chi connectivity index (χ4v) is 1.07. The summed E-state index contributed by atoms with van der Waals surface area (Å²) in [5.41, 5.74) is -1.60. The third kappa shape index (κ3) is 3.84. The molecule has 0 aliphatic heterocycles. The summed E-state index contributed by atoms with van der Waals surface area (Å²) in [6.45, 7) is 7.16. The number of alkyl halides is 1. The molecule has 0 saturated carbocycles. The highest BCUT2D eigenvalue weighted by molar-refractivity contribution is 5.86. The van der Waals surface area contributed by atoms with Crippen LogP contribution in [0.5, 0.6) is 0 Å². The quantitative estimate of drug-likeness (QED) is 0.625. The van der Waals surface area contributed by atoms with Crippen LogP contribution in [-0.2, 0) is 4.79 Å². The third-order valence-electron chi connectivity index (χ3n) is 2.09. The van der Waals surface area contributed by atoms with Gasteiger partial charge in [-0.2, -0.15) is 0 Å². The Morgan fingerprint density at radius 1 is 1.50 bits per heavy atom. The van der Waals surface area contributed by atoms with E-state index in [2.05, 4.69) is 0 Å². The van der Waals surface area contributed by atoms with E-state index in [4.69, 9.17) is 0 Å². The van der Waals surface area contributed by atoms with Crippen LogP contribution in [0.4, 0.5) is 4.39 Å². The van der Waals surface area contributed by atoms with Gasteiger partial charge in [0.05, 0.1) is 0 Å². The predicted octanol–water partition coefficient (Wildman–Crippen LogP) is 3.13. The zero-order valence-electron chi connectivity index (χ0n) is 8.48. The molecule has 12 heavy (non-hydrogen) atoms. The van der Waals surface area contributed by atoms with Crippen LogP contribution in [0.3, 0.4) is 0 Å². The normalized spacial score (nSPS) is 16.2. The fourth-order valence-electron chi connectivity index (χ4n) is 1.07. The van der Waals surface area contributed by atoms with E-state index in [1.807, 2.05) is 13.8 Å². The van der Waals surface area contributed by atoms with Crippen LogP contribution in [0.2, 0.25) is 0 Å². The maximum Gasteiger partial charge on any atom is 0.169 e. The molecule has 1 unspecified atom stereocenters. The zero-order valence-corrected chi connectivity index (χ0v) is 8.48. The second-order valence-electron chi connectivity index (χ2n) is 3.91. The zero-order chi connectivity index (χ0) is 9.78. The summed E-state index contributed by atoms with van der Waals surface area (Å²) >= 11 is 0. The summed E-state index contributed by atoms with van der Waals surface area (Å²) in [4.78, 5) is 11.1. The molecule has 0 aromatic rings. The molecule has 0 aromatic heterocycles. The first kappa shape index (κ1) is 11.6. The van der Waals surface area contributed by atoms with Gasteiger partial charge >= 0.3 is 0 Å². The molecule has 0 N–H and O–H groups in total. The van der Waals surface area contributed by atoms with Gasteiger partial charge in [0.25, 0.3) is 0 Å². The lowest BCUT2D eigenvalue weighted by atomic mass is 9.92. The lowest BCUT2D eigenvalue weighted by Gasteiger charge is -2.18. The number of ketones is 1. The van der Waals surface area contributed by atoms with E-state index in [-0.39, 0.29) is 5.78 Å². The first-order valence-corrected chi connectivity index (χ1v) is 4.62.